The molecule has 1 heterocycles. The summed E-state index contributed by atoms with van der Waals surface area (Å²) >= 11 is 0. The predicted octanol–water partition coefficient (Wildman–Crippen LogP) is 3.17. The predicted molar refractivity (Wildman–Crippen MR) is 123 cm³/mol. The minimum absolute atomic E-state index is 0.0628. The second-order valence-corrected chi connectivity index (χ2v) is 10.1. The van der Waals surface area contributed by atoms with Crippen LogP contribution in [0.2, 0.25) is 0 Å². The number of amides is 1. The molecule has 0 bridgehead atoms. The minimum Gasteiger partial charge on any atom is -0.492 e. The molecule has 1 aliphatic carbocycles. The van der Waals surface area contributed by atoms with E-state index in [0.29, 0.717) is 38.6 Å². The van der Waals surface area contributed by atoms with E-state index in [1.165, 1.54) is 34.3 Å². The van der Waals surface area contributed by atoms with E-state index in [9.17, 15) is 13.2 Å². The molecule has 2 aliphatic rings. The van der Waals surface area contributed by atoms with Gasteiger partial charge in [0.2, 0.25) is 15.9 Å². The number of hydrogen-bond acceptors (Lipinski definition) is 5. The van der Waals surface area contributed by atoms with Crippen LogP contribution in [0.15, 0.2) is 41.3 Å². The topological polar surface area (TPSA) is 84.9 Å². The lowest BCUT2D eigenvalue weighted by molar-refractivity contribution is -0.115. The molecule has 2 aromatic carbocycles. The maximum atomic E-state index is 13.2. The molecule has 1 saturated heterocycles. The summed E-state index contributed by atoms with van der Waals surface area (Å²) in [5, 5.41) is 2.85. The van der Waals surface area contributed by atoms with Crippen LogP contribution in [0, 0.1) is 0 Å². The number of ether oxygens (including phenoxy) is 2. The fraction of sp³-hybridized carbons (Fsp3) is 0.458. The number of benzene rings is 2. The number of nitrogens with one attached hydrogen (secondary N) is 1. The van der Waals surface area contributed by atoms with Crippen molar-refractivity contribution < 1.29 is 22.7 Å². The van der Waals surface area contributed by atoms with Crippen LogP contribution >= 0.6 is 0 Å². The van der Waals surface area contributed by atoms with Crippen LogP contribution in [-0.2, 0) is 38.8 Å². The highest BCUT2D eigenvalue weighted by Gasteiger charge is 2.29. The van der Waals surface area contributed by atoms with Gasteiger partial charge in [0.25, 0.3) is 0 Å². The van der Waals surface area contributed by atoms with Crippen LogP contribution in [0.1, 0.15) is 36.5 Å². The van der Waals surface area contributed by atoms with Crippen LogP contribution in [0.5, 0.6) is 5.75 Å². The average molecular weight is 459 g/mol. The standard InChI is InChI=1S/C24H30N2O5S/c1-2-31-22-10-9-21(17-23(22)32(28,29)26-11-13-30-14-12-26)25-24(27)16-18-7-8-19-5-3-4-6-20(19)15-18/h7-10,15,17H,2-6,11-14,16H2,1H3,(H,25,27). The molecule has 0 aromatic heterocycles. The quantitative estimate of drug-likeness (QED) is 0.689. The Bertz CT molecular complexity index is 1080. The van der Waals surface area contributed by atoms with Gasteiger partial charge in [-0.3, -0.25) is 4.79 Å². The van der Waals surface area contributed by atoms with Crippen LogP contribution < -0.4 is 10.1 Å². The second kappa shape index (κ2) is 10.0. The van der Waals surface area contributed by atoms with Crippen LogP contribution in [-0.4, -0.2) is 51.5 Å². The van der Waals surface area contributed by atoms with E-state index in [4.69, 9.17) is 9.47 Å². The number of sulfonamides is 1. The fourth-order valence-electron chi connectivity index (χ4n) is 4.28. The van der Waals surface area contributed by atoms with Crippen molar-refractivity contribution in [2.45, 2.75) is 43.9 Å². The number of hydrogen-bond donors (Lipinski definition) is 1. The highest BCUT2D eigenvalue weighted by Crippen LogP contribution is 2.31. The van der Waals surface area contributed by atoms with Gasteiger partial charge in [-0.2, -0.15) is 4.31 Å². The van der Waals surface area contributed by atoms with Crippen molar-refractivity contribution in [1.82, 2.24) is 4.31 Å². The Morgan fingerprint density at radius 1 is 1.06 bits per heavy atom. The number of carbonyl (C=O) groups excluding carboxylic acids is 1. The van der Waals surface area contributed by atoms with Crippen molar-refractivity contribution in [2.24, 2.45) is 0 Å². The molecule has 172 valence electrons. The van der Waals surface area contributed by atoms with Gasteiger partial charge in [-0.15, -0.1) is 0 Å². The van der Waals surface area contributed by atoms with Crippen LogP contribution in [0.3, 0.4) is 0 Å². The van der Waals surface area contributed by atoms with E-state index in [2.05, 4.69) is 17.4 Å². The molecule has 0 unspecified atom stereocenters. The smallest absolute Gasteiger partial charge is 0.246 e. The van der Waals surface area contributed by atoms with Gasteiger partial charge >= 0.3 is 0 Å². The molecule has 0 atom stereocenters. The summed E-state index contributed by atoms with van der Waals surface area (Å²) in [4.78, 5) is 12.8. The number of aryl methyl sites for hydroxylation is 2. The van der Waals surface area contributed by atoms with Gasteiger partial charge < -0.3 is 14.8 Å². The number of fused-ring (bicyclic) bond motifs is 1. The molecule has 0 spiro atoms. The zero-order chi connectivity index (χ0) is 22.6. The number of nitrogens with zero attached hydrogens (tertiary/aromatic N) is 1. The lowest BCUT2D eigenvalue weighted by Crippen LogP contribution is -2.40. The third-order valence-corrected chi connectivity index (χ3v) is 7.81. The lowest BCUT2D eigenvalue weighted by Gasteiger charge is -2.27. The van der Waals surface area contributed by atoms with Crippen molar-refractivity contribution in [1.29, 1.82) is 0 Å². The third kappa shape index (κ3) is 5.14. The van der Waals surface area contributed by atoms with Crippen molar-refractivity contribution in [3.8, 4) is 5.75 Å². The SMILES string of the molecule is CCOc1ccc(NC(=O)Cc2ccc3c(c2)CCCC3)cc1S(=O)(=O)N1CCOCC1. The van der Waals surface area contributed by atoms with Crippen molar-refractivity contribution >= 4 is 21.6 Å². The molecule has 2 aromatic rings. The zero-order valence-corrected chi connectivity index (χ0v) is 19.2. The van der Waals surface area contributed by atoms with E-state index in [1.807, 2.05) is 6.07 Å². The molecule has 1 N–H and O–H groups in total. The molecule has 4 rings (SSSR count). The highest BCUT2D eigenvalue weighted by molar-refractivity contribution is 7.89. The Balaban J connectivity index is 1.52. The molecule has 1 aliphatic heterocycles. The molecule has 8 heteroatoms. The normalized spacial score (nSPS) is 16.9. The first-order valence-corrected chi connectivity index (χ1v) is 12.7. The number of anilines is 1. The summed E-state index contributed by atoms with van der Waals surface area (Å²) in [6, 6.07) is 11.0. The Morgan fingerprint density at radius 3 is 2.56 bits per heavy atom. The summed E-state index contributed by atoms with van der Waals surface area (Å²) in [7, 11) is -3.77. The Hall–Kier alpha value is -2.42. The molecule has 0 saturated carbocycles. The molecular weight excluding hydrogens is 428 g/mol. The highest BCUT2D eigenvalue weighted by atomic mass is 32.2. The van der Waals surface area contributed by atoms with E-state index in [0.717, 1.165) is 18.4 Å². The van der Waals surface area contributed by atoms with E-state index < -0.39 is 10.0 Å². The molecule has 1 fully saturated rings. The van der Waals surface area contributed by atoms with Gasteiger partial charge in [0.05, 0.1) is 26.2 Å². The van der Waals surface area contributed by atoms with E-state index in [1.54, 1.807) is 19.1 Å². The number of carbonyl (C=O) groups is 1. The van der Waals surface area contributed by atoms with Crippen molar-refractivity contribution in [3.63, 3.8) is 0 Å². The average Bonchev–Trinajstić information content (AvgIpc) is 2.80. The first-order chi connectivity index (χ1) is 15.5. The largest absolute Gasteiger partial charge is 0.492 e. The molecule has 32 heavy (non-hydrogen) atoms. The minimum atomic E-state index is -3.77. The lowest BCUT2D eigenvalue weighted by atomic mass is 9.90. The monoisotopic (exact) mass is 458 g/mol. The van der Waals surface area contributed by atoms with Crippen molar-refractivity contribution in [3.05, 3.63) is 53.1 Å². The van der Waals surface area contributed by atoms with Gasteiger partial charge in [-0.1, -0.05) is 18.2 Å². The van der Waals surface area contributed by atoms with Crippen molar-refractivity contribution in [2.75, 3.05) is 38.2 Å². The zero-order valence-electron chi connectivity index (χ0n) is 18.4. The third-order valence-electron chi connectivity index (χ3n) is 5.89. The van der Waals surface area contributed by atoms with Gasteiger partial charge in [0.15, 0.2) is 0 Å². The van der Waals surface area contributed by atoms with Gasteiger partial charge in [0, 0.05) is 18.8 Å². The van der Waals surface area contributed by atoms with E-state index in [-0.39, 0.29) is 23.0 Å². The summed E-state index contributed by atoms with van der Waals surface area (Å²) in [5.41, 5.74) is 4.12. The van der Waals surface area contributed by atoms with E-state index >= 15 is 0 Å². The fourth-order valence-corrected chi connectivity index (χ4v) is 5.84. The Labute approximate surface area is 189 Å². The maximum absolute atomic E-state index is 13.2. The first-order valence-electron chi connectivity index (χ1n) is 11.2. The van der Waals surface area contributed by atoms with Crippen LogP contribution in [0.4, 0.5) is 5.69 Å². The van der Waals surface area contributed by atoms with Gasteiger partial charge in [-0.25, -0.2) is 8.42 Å². The number of rotatable bonds is 7. The summed E-state index contributed by atoms with van der Waals surface area (Å²) in [6.07, 6.45) is 4.82. The molecular formula is C24H30N2O5S. The molecule has 7 nitrogen and oxygen atoms in total. The summed E-state index contributed by atoms with van der Waals surface area (Å²) in [6.45, 7) is 3.46. The second-order valence-electron chi connectivity index (χ2n) is 8.15. The molecule has 1 amide bonds. The molecule has 0 radical (unpaired) electrons. The first kappa shape index (κ1) is 22.8. The van der Waals surface area contributed by atoms with Crippen LogP contribution in [0.25, 0.3) is 0 Å². The Morgan fingerprint density at radius 2 is 1.81 bits per heavy atom. The van der Waals surface area contributed by atoms with Gasteiger partial charge in [-0.05, 0) is 67.5 Å². The summed E-state index contributed by atoms with van der Waals surface area (Å²) in [5.74, 6) is 0.103. The van der Waals surface area contributed by atoms with Gasteiger partial charge in [0.1, 0.15) is 10.6 Å². The number of morpholine rings is 1. The maximum Gasteiger partial charge on any atom is 0.246 e. The summed E-state index contributed by atoms with van der Waals surface area (Å²) < 4.78 is 38.7. The Kier molecular flexibility index (Phi) is 7.13.